The molecular weight excluding hydrogens is 234 g/mol. The fraction of sp³-hybridized carbons (Fsp3) is 0.917. The second-order valence-corrected chi connectivity index (χ2v) is 6.22. The normalized spacial score (nSPS) is 28.0. The van der Waals surface area contributed by atoms with Crippen LogP contribution in [0.15, 0.2) is 0 Å². The molecule has 1 amide bonds. The van der Waals surface area contributed by atoms with Crippen molar-refractivity contribution in [1.82, 2.24) is 15.1 Å². The molecule has 0 aromatic rings. The van der Waals surface area contributed by atoms with Crippen LogP contribution in [-0.2, 0) is 4.79 Å². The van der Waals surface area contributed by atoms with Crippen LogP contribution in [0.4, 0.5) is 0 Å². The zero-order valence-electron chi connectivity index (χ0n) is 10.8. The molecule has 0 aromatic carbocycles. The van der Waals surface area contributed by atoms with Gasteiger partial charge in [0.25, 0.3) is 0 Å². The van der Waals surface area contributed by atoms with Crippen LogP contribution in [0.3, 0.4) is 0 Å². The number of nitrogens with one attached hydrogen (secondary N) is 1. The lowest BCUT2D eigenvalue weighted by Gasteiger charge is -2.37. The minimum atomic E-state index is 0.0402. The summed E-state index contributed by atoms with van der Waals surface area (Å²) in [4.78, 5) is 16.6. The van der Waals surface area contributed by atoms with E-state index >= 15 is 0 Å². The topological polar surface area (TPSA) is 35.6 Å². The predicted molar refractivity (Wildman–Crippen MR) is 72.4 cm³/mol. The summed E-state index contributed by atoms with van der Waals surface area (Å²) in [5.74, 6) is 2.34. The van der Waals surface area contributed by atoms with Crippen molar-refractivity contribution in [3.8, 4) is 0 Å². The molecule has 1 atom stereocenters. The molecule has 5 heteroatoms. The molecule has 0 aromatic heterocycles. The summed E-state index contributed by atoms with van der Waals surface area (Å²) in [6.45, 7) is 3.17. The van der Waals surface area contributed by atoms with Gasteiger partial charge >= 0.3 is 0 Å². The summed E-state index contributed by atoms with van der Waals surface area (Å²) in [5, 5.41) is 3.33. The summed E-state index contributed by atoms with van der Waals surface area (Å²) in [7, 11) is 4.12. The molecule has 1 unspecified atom stereocenters. The third-order valence-electron chi connectivity index (χ3n) is 3.80. The van der Waals surface area contributed by atoms with Crippen molar-refractivity contribution in [3.63, 3.8) is 0 Å². The monoisotopic (exact) mass is 257 g/mol. The summed E-state index contributed by atoms with van der Waals surface area (Å²) in [5.41, 5.74) is 0. The van der Waals surface area contributed by atoms with Gasteiger partial charge in [0.05, 0.1) is 6.04 Å². The Bertz CT molecular complexity index is 260. The smallest absolute Gasteiger partial charge is 0.240 e. The lowest BCUT2D eigenvalue weighted by Crippen LogP contribution is -2.53. The van der Waals surface area contributed by atoms with Crippen LogP contribution in [0.1, 0.15) is 12.8 Å². The SMILES string of the molecule is CN1CCC(N(C)C(=O)C2CSCCN2)CC1. The largest absolute Gasteiger partial charge is 0.341 e. The van der Waals surface area contributed by atoms with Gasteiger partial charge in [-0.15, -0.1) is 0 Å². The van der Waals surface area contributed by atoms with Crippen molar-refractivity contribution in [2.24, 2.45) is 0 Å². The standard InChI is InChI=1S/C12H23N3OS/c1-14-6-3-10(4-7-14)15(2)12(16)11-9-17-8-5-13-11/h10-11,13H,3-9H2,1-2H3. The molecule has 0 saturated carbocycles. The van der Waals surface area contributed by atoms with E-state index in [1.165, 1.54) is 0 Å². The second kappa shape index (κ2) is 6.07. The highest BCUT2D eigenvalue weighted by atomic mass is 32.2. The lowest BCUT2D eigenvalue weighted by atomic mass is 10.0. The number of carbonyl (C=O) groups is 1. The van der Waals surface area contributed by atoms with Crippen LogP contribution in [0.2, 0.25) is 0 Å². The number of amides is 1. The minimum Gasteiger partial charge on any atom is -0.341 e. The van der Waals surface area contributed by atoms with Crippen LogP contribution in [-0.4, -0.2) is 73.0 Å². The third-order valence-corrected chi connectivity index (χ3v) is 4.87. The van der Waals surface area contributed by atoms with Crippen molar-refractivity contribution < 1.29 is 4.79 Å². The van der Waals surface area contributed by atoms with Gasteiger partial charge in [-0.1, -0.05) is 0 Å². The number of thioether (sulfide) groups is 1. The van der Waals surface area contributed by atoms with E-state index in [4.69, 9.17) is 0 Å². The van der Waals surface area contributed by atoms with E-state index < -0.39 is 0 Å². The van der Waals surface area contributed by atoms with Gasteiger partial charge in [-0.25, -0.2) is 0 Å². The maximum atomic E-state index is 12.3. The first-order valence-electron chi connectivity index (χ1n) is 6.45. The second-order valence-electron chi connectivity index (χ2n) is 5.07. The molecule has 17 heavy (non-hydrogen) atoms. The Morgan fingerprint density at radius 3 is 2.71 bits per heavy atom. The summed E-state index contributed by atoms with van der Waals surface area (Å²) >= 11 is 1.88. The van der Waals surface area contributed by atoms with E-state index in [2.05, 4.69) is 17.3 Å². The van der Waals surface area contributed by atoms with Crippen molar-refractivity contribution in [2.45, 2.75) is 24.9 Å². The number of likely N-dealkylation sites (tertiary alicyclic amines) is 1. The van der Waals surface area contributed by atoms with Crippen LogP contribution in [0.5, 0.6) is 0 Å². The summed E-state index contributed by atoms with van der Waals surface area (Å²) < 4.78 is 0. The van der Waals surface area contributed by atoms with Crippen LogP contribution in [0, 0.1) is 0 Å². The highest BCUT2D eigenvalue weighted by Crippen LogP contribution is 2.17. The fourth-order valence-electron chi connectivity index (χ4n) is 2.53. The molecule has 1 N–H and O–H groups in total. The molecule has 2 aliphatic rings. The third kappa shape index (κ3) is 3.36. The first-order chi connectivity index (χ1) is 8.18. The number of hydrogen-bond acceptors (Lipinski definition) is 4. The Labute approximate surface area is 108 Å². The molecule has 2 saturated heterocycles. The van der Waals surface area contributed by atoms with Crippen molar-refractivity contribution >= 4 is 17.7 Å². The molecule has 4 nitrogen and oxygen atoms in total. The van der Waals surface area contributed by atoms with E-state index in [9.17, 15) is 4.79 Å². The lowest BCUT2D eigenvalue weighted by molar-refractivity contribution is -0.134. The molecule has 0 aliphatic carbocycles. The Hall–Kier alpha value is -0.260. The van der Waals surface area contributed by atoms with Gasteiger partial charge in [-0.3, -0.25) is 4.79 Å². The van der Waals surface area contributed by atoms with Gasteiger partial charge in [0.1, 0.15) is 0 Å². The van der Waals surface area contributed by atoms with Gasteiger partial charge in [0.2, 0.25) is 5.91 Å². The van der Waals surface area contributed by atoms with Gasteiger partial charge in [0, 0.05) is 31.1 Å². The molecule has 2 heterocycles. The summed E-state index contributed by atoms with van der Waals surface area (Å²) in [6, 6.07) is 0.478. The van der Waals surface area contributed by atoms with Crippen LogP contribution >= 0.6 is 11.8 Å². The van der Waals surface area contributed by atoms with Crippen molar-refractivity contribution in [1.29, 1.82) is 0 Å². The summed E-state index contributed by atoms with van der Waals surface area (Å²) in [6.07, 6.45) is 2.22. The molecule has 98 valence electrons. The molecule has 2 aliphatic heterocycles. The van der Waals surface area contributed by atoms with E-state index in [-0.39, 0.29) is 11.9 Å². The number of nitrogens with zero attached hydrogens (tertiary/aromatic N) is 2. The average Bonchev–Trinajstić information content (AvgIpc) is 2.39. The Balaban J connectivity index is 1.85. The number of likely N-dealkylation sites (N-methyl/N-ethyl adjacent to an activating group) is 1. The van der Waals surface area contributed by atoms with E-state index in [0.29, 0.717) is 6.04 Å². The molecule has 2 rings (SSSR count). The first kappa shape index (κ1) is 13.2. The Kier molecular flexibility index (Phi) is 4.70. The fourth-order valence-corrected chi connectivity index (χ4v) is 3.46. The highest BCUT2D eigenvalue weighted by Gasteiger charge is 2.29. The maximum absolute atomic E-state index is 12.3. The molecular formula is C12H23N3OS. The van der Waals surface area contributed by atoms with Crippen LogP contribution in [0.25, 0.3) is 0 Å². The Morgan fingerprint density at radius 1 is 1.41 bits per heavy atom. The molecule has 0 bridgehead atoms. The van der Waals surface area contributed by atoms with E-state index in [0.717, 1.165) is 44.0 Å². The average molecular weight is 257 g/mol. The van der Waals surface area contributed by atoms with Gasteiger partial charge in [-0.2, -0.15) is 11.8 Å². The van der Waals surface area contributed by atoms with Gasteiger partial charge < -0.3 is 15.1 Å². The van der Waals surface area contributed by atoms with Gasteiger partial charge in [0.15, 0.2) is 0 Å². The molecule has 2 fully saturated rings. The Morgan fingerprint density at radius 2 is 2.12 bits per heavy atom. The van der Waals surface area contributed by atoms with E-state index in [1.807, 2.05) is 23.7 Å². The number of carbonyl (C=O) groups excluding carboxylic acids is 1. The number of rotatable bonds is 2. The predicted octanol–water partition coefficient (Wildman–Crippen LogP) is 0.244. The van der Waals surface area contributed by atoms with E-state index in [1.54, 1.807) is 0 Å². The molecule has 0 radical (unpaired) electrons. The maximum Gasteiger partial charge on any atom is 0.240 e. The minimum absolute atomic E-state index is 0.0402. The van der Waals surface area contributed by atoms with Crippen molar-refractivity contribution in [2.75, 3.05) is 45.2 Å². The van der Waals surface area contributed by atoms with Gasteiger partial charge in [-0.05, 0) is 33.0 Å². The quantitative estimate of drug-likeness (QED) is 0.769. The zero-order valence-corrected chi connectivity index (χ0v) is 11.6. The zero-order chi connectivity index (χ0) is 12.3. The van der Waals surface area contributed by atoms with Crippen molar-refractivity contribution in [3.05, 3.63) is 0 Å². The number of piperidine rings is 1. The highest BCUT2D eigenvalue weighted by molar-refractivity contribution is 7.99. The number of hydrogen-bond donors (Lipinski definition) is 1. The van der Waals surface area contributed by atoms with Crippen LogP contribution < -0.4 is 5.32 Å². The first-order valence-corrected chi connectivity index (χ1v) is 7.60. The molecule has 0 spiro atoms.